The predicted molar refractivity (Wildman–Crippen MR) is 85.1 cm³/mol. The fourth-order valence-corrected chi connectivity index (χ4v) is 3.37. The lowest BCUT2D eigenvalue weighted by Gasteiger charge is -2.35. The van der Waals surface area contributed by atoms with Crippen molar-refractivity contribution in [1.29, 1.82) is 0 Å². The van der Waals surface area contributed by atoms with Crippen LogP contribution in [0.25, 0.3) is 0 Å². The van der Waals surface area contributed by atoms with Crippen molar-refractivity contribution in [2.45, 2.75) is 25.3 Å². The molecule has 1 aromatic carbocycles. The molecule has 2 N–H and O–H groups in total. The van der Waals surface area contributed by atoms with Gasteiger partial charge in [0.1, 0.15) is 0 Å². The highest BCUT2D eigenvalue weighted by atomic mass is 16.2. The smallest absolute Gasteiger partial charge is 0.251 e. The van der Waals surface area contributed by atoms with Gasteiger partial charge in [0, 0.05) is 30.2 Å². The molecule has 1 fully saturated rings. The summed E-state index contributed by atoms with van der Waals surface area (Å²) in [6.45, 7) is 0.668. The molecule has 2 amide bonds. The highest BCUT2D eigenvalue weighted by Crippen LogP contribution is 2.36. The normalized spacial score (nSPS) is 22.2. The van der Waals surface area contributed by atoms with Crippen LogP contribution in [0.4, 0.5) is 5.69 Å². The van der Waals surface area contributed by atoms with Gasteiger partial charge in [-0.05, 0) is 42.5 Å². The summed E-state index contributed by atoms with van der Waals surface area (Å²) in [5.41, 5.74) is 2.16. The molecule has 0 radical (unpaired) electrons. The van der Waals surface area contributed by atoms with Crippen molar-refractivity contribution in [2.75, 3.05) is 11.9 Å². The van der Waals surface area contributed by atoms with Gasteiger partial charge in [0.2, 0.25) is 5.91 Å². The number of hydrogen-bond acceptors (Lipinski definition) is 3. The van der Waals surface area contributed by atoms with Crippen LogP contribution in [0.3, 0.4) is 0 Å². The third-order valence-corrected chi connectivity index (χ3v) is 4.69. The van der Waals surface area contributed by atoms with Crippen molar-refractivity contribution in [3.8, 4) is 0 Å². The fourth-order valence-electron chi connectivity index (χ4n) is 3.37. The molecule has 2 aliphatic rings. The molecule has 1 aliphatic carbocycles. The first-order chi connectivity index (χ1) is 11.2. The molecule has 0 spiro atoms. The van der Waals surface area contributed by atoms with Crippen LogP contribution in [-0.4, -0.2) is 28.1 Å². The van der Waals surface area contributed by atoms with E-state index in [1.807, 2.05) is 23.0 Å². The molecule has 118 valence electrons. The second-order valence-electron chi connectivity index (χ2n) is 6.24. The van der Waals surface area contributed by atoms with Crippen molar-refractivity contribution in [3.05, 3.63) is 47.8 Å². The summed E-state index contributed by atoms with van der Waals surface area (Å²) >= 11 is 0. The first kappa shape index (κ1) is 14.0. The molecule has 0 saturated heterocycles. The van der Waals surface area contributed by atoms with Crippen LogP contribution in [0.2, 0.25) is 0 Å². The molecule has 23 heavy (non-hydrogen) atoms. The molecule has 1 saturated carbocycles. The Morgan fingerprint density at radius 3 is 3.00 bits per heavy atom. The Morgan fingerprint density at radius 1 is 1.35 bits per heavy atom. The van der Waals surface area contributed by atoms with Gasteiger partial charge >= 0.3 is 0 Å². The summed E-state index contributed by atoms with van der Waals surface area (Å²) in [7, 11) is 0. The van der Waals surface area contributed by atoms with Crippen LogP contribution in [0.1, 0.15) is 34.8 Å². The number of nitrogens with one attached hydrogen (secondary N) is 2. The Morgan fingerprint density at radius 2 is 2.22 bits per heavy atom. The molecular formula is C17H18N4O2. The van der Waals surface area contributed by atoms with E-state index >= 15 is 0 Å². The number of anilines is 1. The zero-order valence-corrected chi connectivity index (χ0v) is 12.7. The average Bonchev–Trinajstić information content (AvgIpc) is 3.13. The van der Waals surface area contributed by atoms with Crippen molar-refractivity contribution in [2.24, 2.45) is 5.92 Å². The average molecular weight is 310 g/mol. The second-order valence-corrected chi connectivity index (χ2v) is 6.24. The van der Waals surface area contributed by atoms with E-state index in [-0.39, 0.29) is 18.2 Å². The predicted octanol–water partition coefficient (Wildman–Crippen LogP) is 1.76. The topological polar surface area (TPSA) is 76.0 Å². The summed E-state index contributed by atoms with van der Waals surface area (Å²) in [5, 5.41) is 10.0. The van der Waals surface area contributed by atoms with E-state index in [2.05, 4.69) is 15.7 Å². The van der Waals surface area contributed by atoms with Gasteiger partial charge in [0.05, 0.1) is 12.5 Å². The van der Waals surface area contributed by atoms with Crippen LogP contribution in [0.15, 0.2) is 36.7 Å². The quantitative estimate of drug-likeness (QED) is 0.903. The second kappa shape index (κ2) is 5.53. The number of rotatable bonds is 4. The van der Waals surface area contributed by atoms with E-state index in [9.17, 15) is 9.59 Å². The van der Waals surface area contributed by atoms with Crippen molar-refractivity contribution in [1.82, 2.24) is 15.1 Å². The van der Waals surface area contributed by atoms with Crippen molar-refractivity contribution < 1.29 is 9.59 Å². The lowest BCUT2D eigenvalue weighted by atomic mass is 9.80. The minimum atomic E-state index is -0.0964. The number of aromatic nitrogens is 2. The number of fused-ring (bicyclic) bond motifs is 1. The van der Waals surface area contributed by atoms with Gasteiger partial charge in [-0.3, -0.25) is 14.3 Å². The maximum absolute atomic E-state index is 12.4. The minimum Gasteiger partial charge on any atom is -0.352 e. The molecule has 6 nitrogen and oxygen atoms in total. The highest BCUT2D eigenvalue weighted by Gasteiger charge is 2.31. The van der Waals surface area contributed by atoms with Crippen LogP contribution in [-0.2, 0) is 11.2 Å². The summed E-state index contributed by atoms with van der Waals surface area (Å²) in [4.78, 5) is 23.9. The minimum absolute atomic E-state index is 0.0543. The highest BCUT2D eigenvalue weighted by molar-refractivity contribution is 6.05. The maximum atomic E-state index is 12.4. The monoisotopic (exact) mass is 310 g/mol. The van der Waals surface area contributed by atoms with Gasteiger partial charge in [0.15, 0.2) is 0 Å². The SMILES string of the molecule is O=C1Cc2c(cccc2C(=O)NCC2CC(n3cccn3)C2)N1. The first-order valence-corrected chi connectivity index (χ1v) is 7.90. The molecule has 2 heterocycles. The molecule has 0 unspecified atom stereocenters. The maximum Gasteiger partial charge on any atom is 0.251 e. The lowest BCUT2D eigenvalue weighted by molar-refractivity contribution is -0.115. The number of amides is 2. The van der Waals surface area contributed by atoms with Crippen molar-refractivity contribution in [3.63, 3.8) is 0 Å². The van der Waals surface area contributed by atoms with E-state index in [0.29, 0.717) is 24.1 Å². The van der Waals surface area contributed by atoms with E-state index in [1.54, 1.807) is 18.3 Å². The van der Waals surface area contributed by atoms with Crippen molar-refractivity contribution >= 4 is 17.5 Å². The Bertz CT molecular complexity index is 748. The molecule has 1 aliphatic heterocycles. The van der Waals surface area contributed by atoms with Gasteiger partial charge in [-0.15, -0.1) is 0 Å². The summed E-state index contributed by atoms with van der Waals surface area (Å²) in [6.07, 6.45) is 6.13. The Kier molecular flexibility index (Phi) is 3.37. The van der Waals surface area contributed by atoms with Gasteiger partial charge in [-0.25, -0.2) is 0 Å². The van der Waals surface area contributed by atoms with Crippen LogP contribution >= 0.6 is 0 Å². The standard InChI is InChI=1S/C17H18N4O2/c22-16-9-14-13(3-1-4-15(14)20-16)17(23)18-10-11-7-12(8-11)21-6-2-5-19-21/h1-6,11-12H,7-10H2,(H,18,23)(H,20,22). The number of nitrogens with zero attached hydrogens (tertiary/aromatic N) is 2. The van der Waals surface area contributed by atoms with E-state index in [0.717, 1.165) is 24.1 Å². The zero-order valence-electron chi connectivity index (χ0n) is 12.7. The Hall–Kier alpha value is -2.63. The van der Waals surface area contributed by atoms with Gasteiger partial charge < -0.3 is 10.6 Å². The van der Waals surface area contributed by atoms with E-state index < -0.39 is 0 Å². The summed E-state index contributed by atoms with van der Waals surface area (Å²) in [5.74, 6) is 0.340. The van der Waals surface area contributed by atoms with E-state index in [4.69, 9.17) is 0 Å². The molecule has 1 aromatic heterocycles. The third-order valence-electron chi connectivity index (χ3n) is 4.69. The van der Waals surface area contributed by atoms with Crippen LogP contribution < -0.4 is 10.6 Å². The van der Waals surface area contributed by atoms with Crippen LogP contribution in [0, 0.1) is 5.92 Å². The van der Waals surface area contributed by atoms with Gasteiger partial charge in [-0.2, -0.15) is 5.10 Å². The molecule has 4 rings (SSSR count). The first-order valence-electron chi connectivity index (χ1n) is 7.90. The molecule has 2 aromatic rings. The Balaban J connectivity index is 1.34. The summed E-state index contributed by atoms with van der Waals surface area (Å²) in [6, 6.07) is 7.80. The summed E-state index contributed by atoms with van der Waals surface area (Å²) < 4.78 is 1.99. The van der Waals surface area contributed by atoms with Crippen LogP contribution in [0.5, 0.6) is 0 Å². The number of carbonyl (C=O) groups is 2. The third kappa shape index (κ3) is 2.60. The fraction of sp³-hybridized carbons (Fsp3) is 0.353. The molecular weight excluding hydrogens is 292 g/mol. The zero-order chi connectivity index (χ0) is 15.8. The molecule has 0 bridgehead atoms. The Labute approximate surface area is 133 Å². The van der Waals surface area contributed by atoms with Gasteiger partial charge in [0.25, 0.3) is 5.91 Å². The van der Waals surface area contributed by atoms with E-state index in [1.165, 1.54) is 0 Å². The lowest BCUT2D eigenvalue weighted by Crippen LogP contribution is -2.37. The molecule has 0 atom stereocenters. The largest absolute Gasteiger partial charge is 0.352 e. The number of hydrogen-bond donors (Lipinski definition) is 2. The number of carbonyl (C=O) groups excluding carboxylic acids is 2. The number of benzene rings is 1. The van der Waals surface area contributed by atoms with Gasteiger partial charge in [-0.1, -0.05) is 6.07 Å². The molecule has 6 heteroatoms.